The van der Waals surface area contributed by atoms with Gasteiger partial charge in [0.15, 0.2) is 0 Å². The Hall–Kier alpha value is -1.44. The van der Waals surface area contributed by atoms with Gasteiger partial charge >= 0.3 is 0 Å². The zero-order valence-corrected chi connectivity index (χ0v) is 15.1. The molecule has 0 bridgehead atoms. The molecule has 0 saturated carbocycles. The number of carbonyl (C=O) groups excluding carboxylic acids is 1. The SMILES string of the molecule is CN(C)S(=O)(=O)c1ccc(C(=O)NCCC(O)C(C)(C)C)cc1. The van der Waals surface area contributed by atoms with Crippen LogP contribution in [-0.2, 0) is 10.0 Å². The van der Waals surface area contributed by atoms with Gasteiger partial charge in [0, 0.05) is 26.2 Å². The van der Waals surface area contributed by atoms with Crippen molar-refractivity contribution in [1.29, 1.82) is 0 Å². The zero-order valence-electron chi connectivity index (χ0n) is 14.3. The van der Waals surface area contributed by atoms with Gasteiger partial charge in [0.2, 0.25) is 10.0 Å². The van der Waals surface area contributed by atoms with Crippen LogP contribution in [0.5, 0.6) is 0 Å². The van der Waals surface area contributed by atoms with Crippen molar-refractivity contribution >= 4 is 15.9 Å². The smallest absolute Gasteiger partial charge is 0.251 e. The number of sulfonamides is 1. The minimum Gasteiger partial charge on any atom is -0.393 e. The first-order chi connectivity index (χ1) is 10.5. The molecule has 0 aromatic heterocycles. The molecule has 0 aliphatic carbocycles. The third-order valence-electron chi connectivity index (χ3n) is 3.60. The molecule has 1 rings (SSSR count). The van der Waals surface area contributed by atoms with E-state index in [1.807, 2.05) is 20.8 Å². The summed E-state index contributed by atoms with van der Waals surface area (Å²) in [7, 11) is -0.586. The average molecular weight is 342 g/mol. The summed E-state index contributed by atoms with van der Waals surface area (Å²) < 4.78 is 25.0. The highest BCUT2D eigenvalue weighted by atomic mass is 32.2. The van der Waals surface area contributed by atoms with Crippen LogP contribution < -0.4 is 5.32 Å². The molecule has 0 saturated heterocycles. The molecular weight excluding hydrogens is 316 g/mol. The van der Waals surface area contributed by atoms with Crippen molar-refractivity contribution in [3.05, 3.63) is 29.8 Å². The monoisotopic (exact) mass is 342 g/mol. The van der Waals surface area contributed by atoms with E-state index in [9.17, 15) is 18.3 Å². The molecule has 130 valence electrons. The lowest BCUT2D eigenvalue weighted by Crippen LogP contribution is -2.32. The van der Waals surface area contributed by atoms with Gasteiger partial charge in [-0.3, -0.25) is 4.79 Å². The molecule has 1 aromatic carbocycles. The summed E-state index contributed by atoms with van der Waals surface area (Å²) in [5.41, 5.74) is 0.153. The maximum atomic E-state index is 12.0. The Kier molecular flexibility index (Phi) is 6.33. The van der Waals surface area contributed by atoms with Crippen LogP contribution in [0.1, 0.15) is 37.6 Å². The van der Waals surface area contributed by atoms with Crippen LogP contribution >= 0.6 is 0 Å². The van der Waals surface area contributed by atoms with Crippen molar-refractivity contribution in [2.45, 2.75) is 38.2 Å². The second kappa shape index (κ2) is 7.42. The maximum Gasteiger partial charge on any atom is 0.251 e. The number of carbonyl (C=O) groups is 1. The van der Waals surface area contributed by atoms with Crippen molar-refractivity contribution in [3.8, 4) is 0 Å². The molecule has 0 radical (unpaired) electrons. The molecule has 1 amide bonds. The number of nitrogens with one attached hydrogen (secondary N) is 1. The number of nitrogens with zero attached hydrogens (tertiary/aromatic N) is 1. The number of benzene rings is 1. The third kappa shape index (κ3) is 5.30. The maximum absolute atomic E-state index is 12.0. The van der Waals surface area contributed by atoms with Crippen LogP contribution in [0, 0.1) is 5.41 Å². The van der Waals surface area contributed by atoms with E-state index in [1.165, 1.54) is 38.4 Å². The van der Waals surface area contributed by atoms with Gasteiger partial charge in [0.05, 0.1) is 11.0 Å². The zero-order chi connectivity index (χ0) is 17.8. The minimum atomic E-state index is -3.50. The molecule has 23 heavy (non-hydrogen) atoms. The molecule has 7 heteroatoms. The van der Waals surface area contributed by atoms with Gasteiger partial charge in [-0.2, -0.15) is 0 Å². The molecule has 0 aliphatic heterocycles. The van der Waals surface area contributed by atoms with Crippen LogP contribution in [-0.4, -0.2) is 50.5 Å². The van der Waals surface area contributed by atoms with Crippen LogP contribution in [0.3, 0.4) is 0 Å². The Morgan fingerprint density at radius 3 is 2.17 bits per heavy atom. The molecule has 2 N–H and O–H groups in total. The Balaban J connectivity index is 2.66. The summed E-state index contributed by atoms with van der Waals surface area (Å²) in [6, 6.07) is 5.78. The number of aliphatic hydroxyl groups excluding tert-OH is 1. The fourth-order valence-corrected chi connectivity index (χ4v) is 2.75. The molecule has 6 nitrogen and oxygen atoms in total. The first-order valence-corrected chi connectivity index (χ1v) is 8.89. The van der Waals surface area contributed by atoms with Crippen molar-refractivity contribution in [2.24, 2.45) is 5.41 Å². The number of aliphatic hydroxyl groups is 1. The highest BCUT2D eigenvalue weighted by Gasteiger charge is 2.22. The Morgan fingerprint density at radius 1 is 1.22 bits per heavy atom. The second-order valence-electron chi connectivity index (χ2n) is 6.74. The number of hydrogen-bond donors (Lipinski definition) is 2. The lowest BCUT2D eigenvalue weighted by molar-refractivity contribution is 0.0551. The van der Waals surface area contributed by atoms with Crippen LogP contribution in [0.25, 0.3) is 0 Å². The van der Waals surface area contributed by atoms with Gasteiger partial charge in [0.1, 0.15) is 0 Å². The van der Waals surface area contributed by atoms with Crippen molar-refractivity contribution < 1.29 is 18.3 Å². The number of rotatable bonds is 6. The molecule has 0 heterocycles. The standard InChI is InChI=1S/C16H26N2O4S/c1-16(2,3)14(19)10-11-17-15(20)12-6-8-13(9-7-12)23(21,22)18(4)5/h6-9,14,19H,10-11H2,1-5H3,(H,17,20). The molecule has 0 fully saturated rings. The summed E-state index contributed by atoms with van der Waals surface area (Å²) in [4.78, 5) is 12.2. The molecule has 1 aromatic rings. The van der Waals surface area contributed by atoms with Gasteiger partial charge in [0.25, 0.3) is 5.91 Å². The average Bonchev–Trinajstić information content (AvgIpc) is 2.45. The minimum absolute atomic E-state index is 0.141. The molecule has 1 unspecified atom stereocenters. The normalized spacial score (nSPS) is 13.9. The highest BCUT2D eigenvalue weighted by molar-refractivity contribution is 7.89. The van der Waals surface area contributed by atoms with E-state index in [0.29, 0.717) is 18.5 Å². The van der Waals surface area contributed by atoms with E-state index in [-0.39, 0.29) is 16.2 Å². The Labute approximate surface area is 138 Å². The lowest BCUT2D eigenvalue weighted by atomic mass is 9.87. The summed E-state index contributed by atoms with van der Waals surface area (Å²) >= 11 is 0. The van der Waals surface area contributed by atoms with Gasteiger partial charge in [-0.05, 0) is 36.1 Å². The third-order valence-corrected chi connectivity index (χ3v) is 5.43. The first-order valence-electron chi connectivity index (χ1n) is 7.45. The van der Waals surface area contributed by atoms with Crippen molar-refractivity contribution in [2.75, 3.05) is 20.6 Å². The fraction of sp³-hybridized carbons (Fsp3) is 0.562. The van der Waals surface area contributed by atoms with E-state index < -0.39 is 16.1 Å². The predicted molar refractivity (Wildman–Crippen MR) is 89.7 cm³/mol. The van der Waals surface area contributed by atoms with E-state index in [0.717, 1.165) is 4.31 Å². The Morgan fingerprint density at radius 2 is 1.74 bits per heavy atom. The number of amides is 1. The molecule has 1 atom stereocenters. The van der Waals surface area contributed by atoms with Gasteiger partial charge < -0.3 is 10.4 Å². The predicted octanol–water partition coefficient (Wildman–Crippen LogP) is 1.46. The van der Waals surface area contributed by atoms with Crippen molar-refractivity contribution in [1.82, 2.24) is 9.62 Å². The summed E-state index contributed by atoms with van der Waals surface area (Å²) in [5, 5.41) is 12.6. The van der Waals surface area contributed by atoms with E-state index in [2.05, 4.69) is 5.32 Å². The summed E-state index contributed by atoms with van der Waals surface area (Å²) in [5.74, 6) is -0.292. The van der Waals surface area contributed by atoms with Gasteiger partial charge in [-0.15, -0.1) is 0 Å². The topological polar surface area (TPSA) is 86.7 Å². The van der Waals surface area contributed by atoms with Crippen molar-refractivity contribution in [3.63, 3.8) is 0 Å². The fourth-order valence-electron chi connectivity index (χ4n) is 1.85. The van der Waals surface area contributed by atoms with Gasteiger partial charge in [-0.25, -0.2) is 12.7 Å². The number of hydrogen-bond acceptors (Lipinski definition) is 4. The Bertz CT molecular complexity index is 631. The molecular formula is C16H26N2O4S. The first kappa shape index (κ1) is 19.6. The van der Waals surface area contributed by atoms with E-state index in [1.54, 1.807) is 0 Å². The van der Waals surface area contributed by atoms with Gasteiger partial charge in [-0.1, -0.05) is 20.8 Å². The highest BCUT2D eigenvalue weighted by Crippen LogP contribution is 2.21. The lowest BCUT2D eigenvalue weighted by Gasteiger charge is -2.25. The molecule has 0 aliphatic rings. The van der Waals surface area contributed by atoms with Crippen LogP contribution in [0.2, 0.25) is 0 Å². The quantitative estimate of drug-likeness (QED) is 0.819. The largest absolute Gasteiger partial charge is 0.393 e. The molecule has 0 spiro atoms. The summed E-state index contributed by atoms with van der Waals surface area (Å²) in [6.07, 6.45) is -0.0436. The van der Waals surface area contributed by atoms with E-state index >= 15 is 0 Å². The summed E-state index contributed by atoms with van der Waals surface area (Å²) in [6.45, 7) is 6.16. The van der Waals surface area contributed by atoms with Crippen LogP contribution in [0.4, 0.5) is 0 Å². The van der Waals surface area contributed by atoms with Crippen LogP contribution in [0.15, 0.2) is 29.2 Å². The van der Waals surface area contributed by atoms with E-state index in [4.69, 9.17) is 0 Å². The second-order valence-corrected chi connectivity index (χ2v) is 8.89.